The van der Waals surface area contributed by atoms with Gasteiger partial charge < -0.3 is 5.32 Å². The van der Waals surface area contributed by atoms with Crippen molar-refractivity contribution in [2.24, 2.45) is 0 Å². The Bertz CT molecular complexity index is 598. The van der Waals surface area contributed by atoms with Gasteiger partial charge in [0.05, 0.1) is 0 Å². The first-order valence-corrected chi connectivity index (χ1v) is 8.42. The van der Waals surface area contributed by atoms with Crippen LogP contribution in [-0.2, 0) is 6.42 Å². The Labute approximate surface area is 140 Å². The Morgan fingerprint density at radius 3 is 2.67 bits per heavy atom. The molecule has 0 heterocycles. The average Bonchev–Trinajstić information content (AvgIpc) is 2.44. The van der Waals surface area contributed by atoms with Crippen LogP contribution in [0.3, 0.4) is 0 Å². The molecule has 112 valence electrons. The molecule has 0 aliphatic rings. The van der Waals surface area contributed by atoms with Crippen LogP contribution in [0.1, 0.15) is 36.1 Å². The molecule has 2 aromatic rings. The predicted octanol–water partition coefficient (Wildman–Crippen LogP) is 5.02. The molecule has 0 aliphatic carbocycles. The van der Waals surface area contributed by atoms with E-state index in [1.807, 2.05) is 6.07 Å². The molecule has 2 rings (SSSR count). The lowest BCUT2D eigenvalue weighted by molar-refractivity contribution is 0.525. The van der Waals surface area contributed by atoms with E-state index in [1.165, 1.54) is 16.7 Å². The molecule has 2 aromatic carbocycles. The monoisotopic (exact) mass is 397 g/mol. The quantitative estimate of drug-likeness (QED) is 0.675. The van der Waals surface area contributed by atoms with Gasteiger partial charge in [0.1, 0.15) is 5.82 Å². The van der Waals surface area contributed by atoms with Gasteiger partial charge in [-0.25, -0.2) is 4.39 Å². The summed E-state index contributed by atoms with van der Waals surface area (Å²) < 4.78 is 14.3. The fourth-order valence-corrected chi connectivity index (χ4v) is 3.32. The third-order valence-electron chi connectivity index (χ3n) is 3.50. The molecule has 0 saturated heterocycles. The molecule has 0 aromatic heterocycles. The van der Waals surface area contributed by atoms with Crippen LogP contribution >= 0.6 is 22.6 Å². The zero-order chi connectivity index (χ0) is 15.2. The third kappa shape index (κ3) is 4.78. The van der Waals surface area contributed by atoms with Gasteiger partial charge >= 0.3 is 0 Å². The third-order valence-corrected chi connectivity index (χ3v) is 4.44. The maximum absolute atomic E-state index is 13.3. The highest BCUT2D eigenvalue weighted by atomic mass is 127. The zero-order valence-electron chi connectivity index (χ0n) is 12.5. The van der Waals surface area contributed by atoms with Gasteiger partial charge in [0.15, 0.2) is 0 Å². The molecule has 0 aliphatic heterocycles. The summed E-state index contributed by atoms with van der Waals surface area (Å²) in [6.45, 7) is 5.23. The van der Waals surface area contributed by atoms with Gasteiger partial charge in [-0.1, -0.05) is 42.8 Å². The van der Waals surface area contributed by atoms with E-state index in [2.05, 4.69) is 66.0 Å². The standard InChI is InChI=1S/C18H21FIN/c1-3-9-21-18(11-14-6-4-5-13(2)10-14)16-8-7-15(19)12-17(16)20/h4-8,10,12,18,21H,3,9,11H2,1-2H3. The van der Waals surface area contributed by atoms with Gasteiger partial charge in [0.25, 0.3) is 0 Å². The zero-order valence-corrected chi connectivity index (χ0v) is 14.7. The Hall–Kier alpha value is -0.940. The van der Waals surface area contributed by atoms with Crippen LogP contribution in [-0.4, -0.2) is 6.54 Å². The van der Waals surface area contributed by atoms with Gasteiger partial charge in [0.2, 0.25) is 0 Å². The summed E-state index contributed by atoms with van der Waals surface area (Å²) in [7, 11) is 0. The number of hydrogen-bond acceptors (Lipinski definition) is 1. The molecular formula is C18H21FIN. The SMILES string of the molecule is CCCNC(Cc1cccc(C)c1)c1ccc(F)cc1I. The number of benzene rings is 2. The van der Waals surface area contributed by atoms with Gasteiger partial charge in [0, 0.05) is 9.61 Å². The van der Waals surface area contributed by atoms with Crippen molar-refractivity contribution < 1.29 is 4.39 Å². The van der Waals surface area contributed by atoms with E-state index >= 15 is 0 Å². The first kappa shape index (κ1) is 16.4. The largest absolute Gasteiger partial charge is 0.310 e. The lowest BCUT2D eigenvalue weighted by atomic mass is 9.97. The lowest BCUT2D eigenvalue weighted by Crippen LogP contribution is -2.25. The molecule has 0 saturated carbocycles. The first-order chi connectivity index (χ1) is 10.1. The summed E-state index contributed by atoms with van der Waals surface area (Å²) in [6.07, 6.45) is 2.01. The molecular weight excluding hydrogens is 376 g/mol. The van der Waals surface area contributed by atoms with Crippen molar-refractivity contribution in [2.75, 3.05) is 6.54 Å². The van der Waals surface area contributed by atoms with Crippen LogP contribution in [0.15, 0.2) is 42.5 Å². The van der Waals surface area contributed by atoms with Crippen molar-refractivity contribution >= 4 is 22.6 Å². The van der Waals surface area contributed by atoms with E-state index in [-0.39, 0.29) is 11.9 Å². The van der Waals surface area contributed by atoms with Crippen molar-refractivity contribution in [1.29, 1.82) is 0 Å². The van der Waals surface area contributed by atoms with Crippen molar-refractivity contribution in [3.8, 4) is 0 Å². The number of nitrogens with one attached hydrogen (secondary N) is 1. The van der Waals surface area contributed by atoms with Gasteiger partial charge in [-0.3, -0.25) is 0 Å². The summed E-state index contributed by atoms with van der Waals surface area (Å²) in [5, 5.41) is 3.59. The number of hydrogen-bond donors (Lipinski definition) is 1. The highest BCUT2D eigenvalue weighted by molar-refractivity contribution is 14.1. The molecule has 0 spiro atoms. The number of aryl methyl sites for hydroxylation is 1. The van der Waals surface area contributed by atoms with E-state index in [1.54, 1.807) is 12.1 Å². The van der Waals surface area contributed by atoms with Crippen LogP contribution in [0.25, 0.3) is 0 Å². The van der Waals surface area contributed by atoms with Crippen LogP contribution in [0.5, 0.6) is 0 Å². The second-order valence-electron chi connectivity index (χ2n) is 5.37. The molecule has 1 atom stereocenters. The molecule has 1 N–H and O–H groups in total. The van der Waals surface area contributed by atoms with Gasteiger partial charge in [-0.2, -0.15) is 0 Å². The van der Waals surface area contributed by atoms with Crippen molar-refractivity contribution in [2.45, 2.75) is 32.7 Å². The lowest BCUT2D eigenvalue weighted by Gasteiger charge is -2.21. The van der Waals surface area contributed by atoms with Crippen LogP contribution < -0.4 is 5.32 Å². The van der Waals surface area contributed by atoms with Crippen molar-refractivity contribution in [3.63, 3.8) is 0 Å². The second-order valence-corrected chi connectivity index (χ2v) is 6.53. The van der Waals surface area contributed by atoms with Gasteiger partial charge in [-0.15, -0.1) is 0 Å². The highest BCUT2D eigenvalue weighted by Crippen LogP contribution is 2.24. The summed E-state index contributed by atoms with van der Waals surface area (Å²) in [4.78, 5) is 0. The van der Waals surface area contributed by atoms with Crippen molar-refractivity contribution in [1.82, 2.24) is 5.32 Å². The second kappa shape index (κ2) is 7.90. The Balaban J connectivity index is 2.25. The van der Waals surface area contributed by atoms with Crippen LogP contribution in [0.2, 0.25) is 0 Å². The Kier molecular flexibility index (Phi) is 6.18. The smallest absolute Gasteiger partial charge is 0.124 e. The molecule has 1 nitrogen and oxygen atoms in total. The van der Waals surface area contributed by atoms with E-state index in [4.69, 9.17) is 0 Å². The van der Waals surface area contributed by atoms with E-state index in [0.29, 0.717) is 0 Å². The first-order valence-electron chi connectivity index (χ1n) is 7.34. The predicted molar refractivity (Wildman–Crippen MR) is 95.0 cm³/mol. The molecule has 0 amide bonds. The van der Waals surface area contributed by atoms with E-state index in [9.17, 15) is 4.39 Å². The molecule has 1 unspecified atom stereocenters. The molecule has 0 bridgehead atoms. The Morgan fingerprint density at radius 1 is 1.19 bits per heavy atom. The van der Waals surface area contributed by atoms with Crippen LogP contribution in [0.4, 0.5) is 4.39 Å². The fourth-order valence-electron chi connectivity index (χ4n) is 2.47. The minimum absolute atomic E-state index is 0.173. The average molecular weight is 397 g/mol. The van der Waals surface area contributed by atoms with Crippen LogP contribution in [0, 0.1) is 16.3 Å². The van der Waals surface area contributed by atoms with Crippen molar-refractivity contribution in [3.05, 3.63) is 68.5 Å². The molecule has 21 heavy (non-hydrogen) atoms. The molecule has 0 radical (unpaired) electrons. The maximum atomic E-state index is 13.3. The summed E-state index contributed by atoms with van der Waals surface area (Å²) in [5.74, 6) is -0.173. The maximum Gasteiger partial charge on any atom is 0.124 e. The van der Waals surface area contributed by atoms with E-state index in [0.717, 1.165) is 23.0 Å². The molecule has 3 heteroatoms. The minimum Gasteiger partial charge on any atom is -0.310 e. The summed E-state index contributed by atoms with van der Waals surface area (Å²) in [6, 6.07) is 13.9. The molecule has 0 fully saturated rings. The summed E-state index contributed by atoms with van der Waals surface area (Å²) in [5.41, 5.74) is 3.76. The summed E-state index contributed by atoms with van der Waals surface area (Å²) >= 11 is 2.22. The number of rotatable bonds is 6. The topological polar surface area (TPSA) is 12.0 Å². The Morgan fingerprint density at radius 2 is 2.00 bits per heavy atom. The number of halogens is 2. The normalized spacial score (nSPS) is 12.4. The minimum atomic E-state index is -0.173. The highest BCUT2D eigenvalue weighted by Gasteiger charge is 2.15. The van der Waals surface area contributed by atoms with E-state index < -0.39 is 0 Å². The fraction of sp³-hybridized carbons (Fsp3) is 0.333. The van der Waals surface area contributed by atoms with Gasteiger partial charge in [-0.05, 0) is 72.2 Å².